The molecule has 2 bridgehead atoms. The molecule has 7 nitrogen and oxygen atoms in total. The van der Waals surface area contributed by atoms with E-state index in [1.165, 1.54) is 4.90 Å². The van der Waals surface area contributed by atoms with Crippen LogP contribution < -0.4 is 5.73 Å². The second-order valence-corrected chi connectivity index (χ2v) is 3.70. The Labute approximate surface area is 85.4 Å². The van der Waals surface area contributed by atoms with Crippen molar-refractivity contribution < 1.29 is 15.3 Å². The molecule has 0 radical (unpaired) electrons. The van der Waals surface area contributed by atoms with Crippen molar-refractivity contribution in [2.45, 2.75) is 19.0 Å². The van der Waals surface area contributed by atoms with E-state index in [1.807, 2.05) is 0 Å². The fourth-order valence-corrected chi connectivity index (χ4v) is 1.98. The molecule has 0 saturated carbocycles. The first kappa shape index (κ1) is 9.78. The molecule has 1 fully saturated rings. The third-order valence-electron chi connectivity index (χ3n) is 2.81. The molecule has 15 heavy (non-hydrogen) atoms. The molecule has 7 heteroatoms. The van der Waals surface area contributed by atoms with Crippen LogP contribution in [0.25, 0.3) is 0 Å². The summed E-state index contributed by atoms with van der Waals surface area (Å²) in [5.74, 6) is -0.353. The van der Waals surface area contributed by atoms with Crippen LogP contribution in [-0.4, -0.2) is 40.5 Å². The number of hydrogen-bond acceptors (Lipinski definition) is 4. The maximum atomic E-state index is 11.6. The van der Waals surface area contributed by atoms with Gasteiger partial charge in [-0.15, -0.1) is 4.91 Å². The monoisotopic (exact) mass is 211 g/mol. The molecule has 0 spiro atoms. The number of carbonyl (C=O) groups is 2. The highest BCUT2D eigenvalue weighted by atomic mass is 16.3. The molecular weight excluding hydrogens is 200 g/mol. The number of quaternary nitrogens is 1. The molecule has 80 valence electrons. The first-order valence-electron chi connectivity index (χ1n) is 4.53. The van der Waals surface area contributed by atoms with Crippen molar-refractivity contribution in [3.05, 3.63) is 16.6 Å². The SMILES string of the molecule is CC1=CC(C([NH3+])=O)N2CC1N(N=O)C2=O. The van der Waals surface area contributed by atoms with Gasteiger partial charge < -0.3 is 4.90 Å². The van der Waals surface area contributed by atoms with Gasteiger partial charge in [-0.3, -0.25) is 5.73 Å². The quantitative estimate of drug-likeness (QED) is 0.462. The van der Waals surface area contributed by atoms with Crippen LogP contribution in [0, 0.1) is 4.91 Å². The van der Waals surface area contributed by atoms with Gasteiger partial charge in [0.25, 0.3) is 0 Å². The van der Waals surface area contributed by atoms with Gasteiger partial charge in [-0.05, 0) is 18.6 Å². The summed E-state index contributed by atoms with van der Waals surface area (Å²) in [7, 11) is 0. The largest absolute Gasteiger partial charge is 0.344 e. The summed E-state index contributed by atoms with van der Waals surface area (Å²) in [6.45, 7) is 2.10. The summed E-state index contributed by atoms with van der Waals surface area (Å²) >= 11 is 0. The van der Waals surface area contributed by atoms with E-state index in [0.29, 0.717) is 6.54 Å². The first-order chi connectivity index (χ1) is 7.06. The Bertz CT molecular complexity index is 378. The summed E-state index contributed by atoms with van der Waals surface area (Å²) in [6, 6.07) is -1.50. The average Bonchev–Trinajstić information content (AvgIpc) is 2.47. The van der Waals surface area contributed by atoms with Crippen LogP contribution in [-0.2, 0) is 4.79 Å². The summed E-state index contributed by atoms with van der Waals surface area (Å²) < 4.78 is 0. The third-order valence-corrected chi connectivity index (χ3v) is 2.81. The minimum Gasteiger partial charge on any atom is -0.301 e. The van der Waals surface area contributed by atoms with Gasteiger partial charge in [0, 0.05) is 0 Å². The number of urea groups is 1. The second kappa shape index (κ2) is 3.13. The summed E-state index contributed by atoms with van der Waals surface area (Å²) in [4.78, 5) is 34.6. The van der Waals surface area contributed by atoms with Crippen LogP contribution in [0.5, 0.6) is 0 Å². The summed E-state index contributed by atoms with van der Waals surface area (Å²) in [6.07, 6.45) is 1.66. The van der Waals surface area contributed by atoms with Crippen molar-refractivity contribution in [3.8, 4) is 0 Å². The normalized spacial score (nSPS) is 29.2. The smallest absolute Gasteiger partial charge is 0.301 e. The maximum Gasteiger partial charge on any atom is 0.344 e. The van der Waals surface area contributed by atoms with Gasteiger partial charge in [0.1, 0.15) is 0 Å². The first-order valence-corrected chi connectivity index (χ1v) is 4.53. The maximum absolute atomic E-state index is 11.6. The van der Waals surface area contributed by atoms with Crippen molar-refractivity contribution in [1.82, 2.24) is 9.91 Å². The lowest BCUT2D eigenvalue weighted by atomic mass is 10.0. The molecule has 0 aromatic carbocycles. The Kier molecular flexibility index (Phi) is 2.04. The molecule has 0 aromatic heterocycles. The highest BCUT2D eigenvalue weighted by Crippen LogP contribution is 2.29. The van der Waals surface area contributed by atoms with E-state index in [9.17, 15) is 14.5 Å². The molecule has 0 aliphatic carbocycles. The van der Waals surface area contributed by atoms with E-state index >= 15 is 0 Å². The molecule has 2 aliphatic rings. The minimum atomic E-state index is -0.652. The minimum absolute atomic E-state index is 0.328. The Balaban J connectivity index is 2.40. The van der Waals surface area contributed by atoms with Crippen molar-refractivity contribution >= 4 is 11.9 Å². The number of fused-ring (bicyclic) bond motifs is 2. The zero-order valence-electron chi connectivity index (χ0n) is 8.21. The van der Waals surface area contributed by atoms with Gasteiger partial charge in [0.05, 0.1) is 17.9 Å². The fourth-order valence-electron chi connectivity index (χ4n) is 1.98. The molecule has 3 amide bonds. The Morgan fingerprint density at radius 2 is 2.33 bits per heavy atom. The van der Waals surface area contributed by atoms with Crippen LogP contribution in [0.15, 0.2) is 16.9 Å². The predicted octanol–water partition coefficient (Wildman–Crippen LogP) is -1.13. The van der Waals surface area contributed by atoms with Crippen molar-refractivity contribution in [3.63, 3.8) is 0 Å². The average molecular weight is 211 g/mol. The van der Waals surface area contributed by atoms with E-state index in [1.54, 1.807) is 13.0 Å². The standard InChI is InChI=1S/C8H10N4O3/c1-4-2-5(7(9)13)11-3-6(4)12(10-15)8(11)14/h2,5-6H,3H2,1H3,(H2,9,13)/p+1. The molecule has 1 saturated heterocycles. The molecule has 2 heterocycles. The zero-order chi connectivity index (χ0) is 11.2. The van der Waals surface area contributed by atoms with Gasteiger partial charge in [-0.2, -0.15) is 5.01 Å². The third kappa shape index (κ3) is 1.23. The van der Waals surface area contributed by atoms with Crippen LogP contribution in [0.2, 0.25) is 0 Å². The van der Waals surface area contributed by atoms with Crippen molar-refractivity contribution in [2.24, 2.45) is 5.29 Å². The molecule has 0 aromatic rings. The lowest BCUT2D eigenvalue weighted by molar-refractivity contribution is -0.309. The number of amides is 3. The highest BCUT2D eigenvalue weighted by Gasteiger charge is 2.48. The van der Waals surface area contributed by atoms with Crippen LogP contribution in [0.4, 0.5) is 4.79 Å². The molecule has 2 unspecified atom stereocenters. The number of nitrogens with zero attached hydrogens (tertiary/aromatic N) is 3. The molecule has 2 aliphatic heterocycles. The van der Waals surface area contributed by atoms with Crippen molar-refractivity contribution in [1.29, 1.82) is 0 Å². The van der Waals surface area contributed by atoms with E-state index in [-0.39, 0.29) is 11.9 Å². The lowest BCUT2D eigenvalue weighted by Crippen LogP contribution is -2.66. The zero-order valence-corrected chi connectivity index (χ0v) is 8.21. The van der Waals surface area contributed by atoms with E-state index in [4.69, 9.17) is 0 Å². The van der Waals surface area contributed by atoms with E-state index in [0.717, 1.165) is 10.6 Å². The van der Waals surface area contributed by atoms with Gasteiger partial charge in [0.15, 0.2) is 6.04 Å². The molecule has 2 rings (SSSR count). The van der Waals surface area contributed by atoms with Crippen molar-refractivity contribution in [2.75, 3.05) is 6.54 Å². The van der Waals surface area contributed by atoms with Crippen LogP contribution in [0.3, 0.4) is 0 Å². The molecule has 3 N–H and O–H groups in total. The number of rotatable bonds is 2. The van der Waals surface area contributed by atoms with Gasteiger partial charge in [-0.1, -0.05) is 0 Å². The van der Waals surface area contributed by atoms with Crippen LogP contribution >= 0.6 is 0 Å². The Hall–Kier alpha value is -1.76. The van der Waals surface area contributed by atoms with Gasteiger partial charge >= 0.3 is 11.9 Å². The fraction of sp³-hybridized carbons (Fsp3) is 0.500. The topological polar surface area (TPSA) is 97.7 Å². The van der Waals surface area contributed by atoms with E-state index < -0.39 is 12.1 Å². The predicted molar refractivity (Wildman–Crippen MR) is 49.0 cm³/mol. The molecular formula is C8H11N4O3+. The Morgan fingerprint density at radius 1 is 1.67 bits per heavy atom. The van der Waals surface area contributed by atoms with E-state index in [2.05, 4.69) is 11.0 Å². The van der Waals surface area contributed by atoms with Crippen LogP contribution in [0.1, 0.15) is 6.92 Å². The lowest BCUT2D eigenvalue weighted by Gasteiger charge is -2.24. The number of nitroso groups, excluding NO2 is 1. The number of carbonyl (C=O) groups excluding carboxylic acids is 2. The van der Waals surface area contributed by atoms with Gasteiger partial charge in [-0.25, -0.2) is 9.59 Å². The van der Waals surface area contributed by atoms with Gasteiger partial charge in [0.2, 0.25) is 0 Å². The Morgan fingerprint density at radius 3 is 2.87 bits per heavy atom. The summed E-state index contributed by atoms with van der Waals surface area (Å²) in [5, 5.41) is 3.54. The second-order valence-electron chi connectivity index (χ2n) is 3.70. The highest BCUT2D eigenvalue weighted by molar-refractivity contribution is 5.86. The summed E-state index contributed by atoms with van der Waals surface area (Å²) in [5.41, 5.74) is 4.10. The molecule has 2 atom stereocenters. The number of hydrogen-bond donors (Lipinski definition) is 1.